The quantitative estimate of drug-likeness (QED) is 0.587. The van der Waals surface area contributed by atoms with Crippen LogP contribution in [-0.2, 0) is 0 Å². The highest BCUT2D eigenvalue weighted by atomic mass is 32.1. The van der Waals surface area contributed by atoms with Crippen molar-refractivity contribution in [3.63, 3.8) is 0 Å². The van der Waals surface area contributed by atoms with E-state index in [9.17, 15) is 0 Å². The standard InChI is InChI=1S/C5H7N3S/c1-2-3-6-5-8-7-4-9-5/h3-4H,2H2,1H3/b6-3+. The SMILES string of the molecule is CC/C=N/c1nncs1. The Balaban J connectivity index is 2.57. The van der Waals surface area contributed by atoms with E-state index in [1.807, 2.05) is 13.1 Å². The van der Waals surface area contributed by atoms with E-state index in [-0.39, 0.29) is 0 Å². The lowest BCUT2D eigenvalue weighted by atomic mass is 10.5. The van der Waals surface area contributed by atoms with E-state index in [1.54, 1.807) is 5.51 Å². The molecule has 0 aliphatic rings. The molecule has 0 N–H and O–H groups in total. The van der Waals surface area contributed by atoms with Gasteiger partial charge in [0.2, 0.25) is 5.13 Å². The zero-order valence-corrected chi connectivity index (χ0v) is 5.93. The van der Waals surface area contributed by atoms with E-state index in [2.05, 4.69) is 15.2 Å². The number of nitrogens with zero attached hydrogens (tertiary/aromatic N) is 3. The highest BCUT2D eigenvalue weighted by Gasteiger charge is 1.86. The molecule has 0 aromatic carbocycles. The van der Waals surface area contributed by atoms with Crippen LogP contribution in [0.5, 0.6) is 0 Å². The van der Waals surface area contributed by atoms with E-state index in [1.165, 1.54) is 11.3 Å². The molecule has 0 radical (unpaired) electrons. The van der Waals surface area contributed by atoms with Gasteiger partial charge < -0.3 is 0 Å². The maximum Gasteiger partial charge on any atom is 0.231 e. The average Bonchev–Trinajstić information content (AvgIpc) is 2.34. The number of hydrogen-bond donors (Lipinski definition) is 0. The second-order valence-corrected chi connectivity index (χ2v) is 2.25. The van der Waals surface area contributed by atoms with Gasteiger partial charge >= 0.3 is 0 Å². The molecule has 1 rings (SSSR count). The fraction of sp³-hybridized carbons (Fsp3) is 0.400. The van der Waals surface area contributed by atoms with Crippen LogP contribution in [0, 0.1) is 0 Å². The highest BCUT2D eigenvalue weighted by Crippen LogP contribution is 2.10. The van der Waals surface area contributed by atoms with E-state index < -0.39 is 0 Å². The maximum absolute atomic E-state index is 4.00. The minimum Gasteiger partial charge on any atom is -0.231 e. The molecule has 48 valence electrons. The summed E-state index contributed by atoms with van der Waals surface area (Å²) in [7, 11) is 0. The molecule has 0 aliphatic heterocycles. The van der Waals surface area contributed by atoms with Gasteiger partial charge in [-0.2, -0.15) is 0 Å². The molecule has 4 heteroatoms. The highest BCUT2D eigenvalue weighted by molar-refractivity contribution is 7.13. The van der Waals surface area contributed by atoms with Gasteiger partial charge in [0, 0.05) is 6.21 Å². The summed E-state index contributed by atoms with van der Waals surface area (Å²) >= 11 is 1.44. The topological polar surface area (TPSA) is 38.1 Å². The molecular formula is C5H7N3S. The Labute approximate surface area is 57.5 Å². The lowest BCUT2D eigenvalue weighted by molar-refractivity contribution is 1.08. The van der Waals surface area contributed by atoms with Crippen molar-refractivity contribution in [3.05, 3.63) is 5.51 Å². The monoisotopic (exact) mass is 141 g/mol. The lowest BCUT2D eigenvalue weighted by Gasteiger charge is -1.76. The molecule has 0 atom stereocenters. The molecule has 1 aromatic heterocycles. The molecule has 3 nitrogen and oxygen atoms in total. The first-order valence-electron chi connectivity index (χ1n) is 2.72. The molecule has 0 amide bonds. The number of rotatable bonds is 2. The van der Waals surface area contributed by atoms with Crippen molar-refractivity contribution in [1.82, 2.24) is 10.2 Å². The first-order valence-corrected chi connectivity index (χ1v) is 3.60. The Morgan fingerprint density at radius 3 is 3.33 bits per heavy atom. The number of aromatic nitrogens is 2. The van der Waals surface area contributed by atoms with Crippen molar-refractivity contribution in [2.24, 2.45) is 4.99 Å². The molecule has 0 saturated carbocycles. The third-order valence-corrected chi connectivity index (χ3v) is 1.33. The van der Waals surface area contributed by atoms with Crippen molar-refractivity contribution < 1.29 is 0 Å². The second kappa shape index (κ2) is 3.29. The van der Waals surface area contributed by atoms with Gasteiger partial charge in [0.05, 0.1) is 0 Å². The van der Waals surface area contributed by atoms with Crippen LogP contribution in [0.4, 0.5) is 5.13 Å². The van der Waals surface area contributed by atoms with Gasteiger partial charge in [-0.25, -0.2) is 4.99 Å². The number of hydrogen-bond acceptors (Lipinski definition) is 4. The van der Waals surface area contributed by atoms with Gasteiger partial charge in [0.15, 0.2) is 0 Å². The van der Waals surface area contributed by atoms with Gasteiger partial charge in [-0.05, 0) is 6.42 Å². The molecule has 1 heterocycles. The maximum atomic E-state index is 4.00. The summed E-state index contributed by atoms with van der Waals surface area (Å²) in [6, 6.07) is 0. The molecule has 9 heavy (non-hydrogen) atoms. The van der Waals surface area contributed by atoms with Crippen LogP contribution in [0.3, 0.4) is 0 Å². The van der Waals surface area contributed by atoms with Crippen LogP contribution in [0.15, 0.2) is 10.5 Å². The fourth-order valence-electron chi connectivity index (χ4n) is 0.393. The first-order chi connectivity index (χ1) is 4.43. The van der Waals surface area contributed by atoms with E-state index in [4.69, 9.17) is 0 Å². The van der Waals surface area contributed by atoms with E-state index in [0.29, 0.717) is 0 Å². The zero-order valence-electron chi connectivity index (χ0n) is 5.11. The molecule has 0 saturated heterocycles. The van der Waals surface area contributed by atoms with Gasteiger partial charge in [-0.15, -0.1) is 10.2 Å². The van der Waals surface area contributed by atoms with Gasteiger partial charge in [-0.1, -0.05) is 18.3 Å². The molecule has 0 fully saturated rings. The minimum atomic E-state index is 0.733. The van der Waals surface area contributed by atoms with Crippen LogP contribution >= 0.6 is 11.3 Å². The largest absolute Gasteiger partial charge is 0.231 e. The Bertz CT molecular complexity index is 180. The van der Waals surface area contributed by atoms with Gasteiger partial charge in [-0.3, -0.25) is 0 Å². The third-order valence-electron chi connectivity index (χ3n) is 0.733. The molecule has 0 aliphatic carbocycles. The average molecular weight is 141 g/mol. The van der Waals surface area contributed by atoms with Crippen molar-refractivity contribution >= 4 is 22.7 Å². The summed E-state index contributed by atoms with van der Waals surface area (Å²) < 4.78 is 0. The van der Waals surface area contributed by atoms with Crippen LogP contribution in [-0.4, -0.2) is 16.4 Å². The van der Waals surface area contributed by atoms with Gasteiger partial charge in [0.1, 0.15) is 5.51 Å². The Kier molecular flexibility index (Phi) is 2.32. The predicted molar refractivity (Wildman–Crippen MR) is 38.4 cm³/mol. The lowest BCUT2D eigenvalue weighted by Crippen LogP contribution is -1.66. The van der Waals surface area contributed by atoms with Crippen LogP contribution < -0.4 is 0 Å². The molecule has 0 unspecified atom stereocenters. The summed E-state index contributed by atoms with van der Waals surface area (Å²) in [5.74, 6) is 0. The van der Waals surface area contributed by atoms with Crippen LogP contribution in [0.25, 0.3) is 0 Å². The van der Waals surface area contributed by atoms with E-state index >= 15 is 0 Å². The van der Waals surface area contributed by atoms with Crippen LogP contribution in [0.2, 0.25) is 0 Å². The first kappa shape index (κ1) is 6.35. The molecular weight excluding hydrogens is 134 g/mol. The summed E-state index contributed by atoms with van der Waals surface area (Å²) in [5.41, 5.74) is 1.67. The fourth-order valence-corrected chi connectivity index (χ4v) is 0.811. The minimum absolute atomic E-state index is 0.733. The summed E-state index contributed by atoms with van der Waals surface area (Å²) in [4.78, 5) is 4.00. The zero-order chi connectivity index (χ0) is 6.53. The predicted octanol–water partition coefficient (Wildman–Crippen LogP) is 1.65. The van der Waals surface area contributed by atoms with Crippen molar-refractivity contribution in [2.45, 2.75) is 13.3 Å². The summed E-state index contributed by atoms with van der Waals surface area (Å²) in [6.45, 7) is 2.03. The summed E-state index contributed by atoms with van der Waals surface area (Å²) in [5, 5.41) is 8.09. The van der Waals surface area contributed by atoms with Gasteiger partial charge in [0.25, 0.3) is 0 Å². The molecule has 0 spiro atoms. The second-order valence-electron chi connectivity index (χ2n) is 1.44. The van der Waals surface area contributed by atoms with Crippen LogP contribution in [0.1, 0.15) is 13.3 Å². The van der Waals surface area contributed by atoms with Crippen molar-refractivity contribution in [1.29, 1.82) is 0 Å². The Morgan fingerprint density at radius 2 is 2.78 bits per heavy atom. The van der Waals surface area contributed by atoms with Crippen molar-refractivity contribution in [2.75, 3.05) is 0 Å². The number of aliphatic imine (C=N–C) groups is 1. The van der Waals surface area contributed by atoms with E-state index in [0.717, 1.165) is 11.6 Å². The summed E-state index contributed by atoms with van der Waals surface area (Å²) in [6.07, 6.45) is 2.76. The Hall–Kier alpha value is -0.770. The Morgan fingerprint density at radius 1 is 1.89 bits per heavy atom. The van der Waals surface area contributed by atoms with Crippen molar-refractivity contribution in [3.8, 4) is 0 Å². The molecule has 0 bridgehead atoms. The normalized spacial score (nSPS) is 10.8. The third kappa shape index (κ3) is 1.89. The molecule has 1 aromatic rings. The smallest absolute Gasteiger partial charge is 0.231 e.